The molecule has 1 rings (SSSR count). The Balaban J connectivity index is 2.65. The Bertz CT molecular complexity index is 565. The van der Waals surface area contributed by atoms with Crippen molar-refractivity contribution in [3.05, 3.63) is 0 Å². The summed E-state index contributed by atoms with van der Waals surface area (Å²) in [7, 11) is 0. The minimum absolute atomic E-state index is 0.00819. The molecule has 30 heavy (non-hydrogen) atoms. The van der Waals surface area contributed by atoms with E-state index < -0.39 is 79.9 Å². The van der Waals surface area contributed by atoms with Gasteiger partial charge in [0.25, 0.3) is 0 Å². The molecular weight excluding hydrogens is 404 g/mol. The lowest BCUT2D eigenvalue weighted by atomic mass is 9.98. The summed E-state index contributed by atoms with van der Waals surface area (Å²) >= 11 is 0. The second-order valence-electron chi connectivity index (χ2n) is 8.44. The quantitative estimate of drug-likeness (QED) is 0.212. The molecular formula is C19H34O11. The lowest BCUT2D eigenvalue weighted by molar-refractivity contribution is -0.312. The fraction of sp³-hybridized carbons (Fsp3) is 0.895. The first-order chi connectivity index (χ1) is 13.7. The standard InChI is InChI=1S/C19H34O11/c1-9(2)11(20)5-10(3)29-18-17(26)16(25)15(24)12(30-18)8-28-14(23)7-19(4,27)6-13(21)22/h9-12,15-18,20,24-27H,5-8H2,1-4H3,(H,21,22). The van der Waals surface area contributed by atoms with E-state index in [-0.39, 0.29) is 12.3 Å². The molecule has 0 aromatic rings. The first-order valence-electron chi connectivity index (χ1n) is 9.86. The molecule has 0 aromatic heterocycles. The van der Waals surface area contributed by atoms with Gasteiger partial charge in [-0.2, -0.15) is 0 Å². The molecule has 8 unspecified atom stereocenters. The Labute approximate surface area is 175 Å². The molecule has 1 aliphatic heterocycles. The van der Waals surface area contributed by atoms with Crippen LogP contribution in [0.2, 0.25) is 0 Å². The third-order valence-corrected chi connectivity index (χ3v) is 4.84. The van der Waals surface area contributed by atoms with Gasteiger partial charge in [0.05, 0.1) is 30.7 Å². The van der Waals surface area contributed by atoms with Crippen LogP contribution in [0.4, 0.5) is 0 Å². The van der Waals surface area contributed by atoms with Gasteiger partial charge in [0.1, 0.15) is 31.0 Å². The van der Waals surface area contributed by atoms with Crippen molar-refractivity contribution in [3.63, 3.8) is 0 Å². The highest BCUT2D eigenvalue weighted by molar-refractivity contribution is 5.73. The Morgan fingerprint density at radius 1 is 1.07 bits per heavy atom. The third-order valence-electron chi connectivity index (χ3n) is 4.84. The van der Waals surface area contributed by atoms with Gasteiger partial charge in [0.15, 0.2) is 6.29 Å². The average molecular weight is 438 g/mol. The Kier molecular flexibility index (Phi) is 10.1. The minimum Gasteiger partial charge on any atom is -0.481 e. The number of carbonyl (C=O) groups is 2. The zero-order valence-electron chi connectivity index (χ0n) is 17.7. The molecule has 11 heteroatoms. The molecule has 0 amide bonds. The average Bonchev–Trinajstić information content (AvgIpc) is 2.59. The monoisotopic (exact) mass is 438 g/mol. The van der Waals surface area contributed by atoms with Gasteiger partial charge in [-0.05, 0) is 26.2 Å². The predicted molar refractivity (Wildman–Crippen MR) is 101 cm³/mol. The fourth-order valence-electron chi connectivity index (χ4n) is 2.99. The van der Waals surface area contributed by atoms with Crippen LogP contribution in [-0.4, -0.2) is 97.7 Å². The summed E-state index contributed by atoms with van der Waals surface area (Å²) < 4.78 is 15.9. The highest BCUT2D eigenvalue weighted by Gasteiger charge is 2.45. The van der Waals surface area contributed by atoms with Crippen LogP contribution in [-0.2, 0) is 23.8 Å². The number of aliphatic hydroxyl groups is 5. The van der Waals surface area contributed by atoms with Crippen LogP contribution in [0.15, 0.2) is 0 Å². The molecule has 11 nitrogen and oxygen atoms in total. The van der Waals surface area contributed by atoms with Crippen LogP contribution >= 0.6 is 0 Å². The summed E-state index contributed by atoms with van der Waals surface area (Å²) in [4.78, 5) is 22.6. The lowest BCUT2D eigenvalue weighted by Gasteiger charge is -2.41. The molecule has 0 bridgehead atoms. The maximum Gasteiger partial charge on any atom is 0.308 e. The zero-order valence-corrected chi connectivity index (χ0v) is 17.7. The SMILES string of the molecule is CC(CC(O)C(C)C)OC1OC(COC(=O)CC(C)(O)CC(=O)O)C(O)C(O)C1O. The molecule has 0 radical (unpaired) electrons. The highest BCUT2D eigenvalue weighted by Crippen LogP contribution is 2.25. The van der Waals surface area contributed by atoms with Gasteiger partial charge in [-0.15, -0.1) is 0 Å². The van der Waals surface area contributed by atoms with E-state index in [1.54, 1.807) is 6.92 Å². The third kappa shape index (κ3) is 8.42. The van der Waals surface area contributed by atoms with E-state index in [1.165, 1.54) is 6.92 Å². The van der Waals surface area contributed by atoms with E-state index in [4.69, 9.17) is 19.3 Å². The molecule has 1 heterocycles. The minimum atomic E-state index is -1.82. The van der Waals surface area contributed by atoms with E-state index in [1.807, 2.05) is 13.8 Å². The Morgan fingerprint density at radius 2 is 1.67 bits per heavy atom. The van der Waals surface area contributed by atoms with Crippen molar-refractivity contribution in [2.24, 2.45) is 5.92 Å². The number of rotatable bonds is 11. The number of aliphatic hydroxyl groups excluding tert-OH is 4. The van der Waals surface area contributed by atoms with Crippen LogP contribution < -0.4 is 0 Å². The van der Waals surface area contributed by atoms with Crippen LogP contribution in [0, 0.1) is 5.92 Å². The van der Waals surface area contributed by atoms with Crippen molar-refractivity contribution in [2.75, 3.05) is 6.61 Å². The first-order valence-corrected chi connectivity index (χ1v) is 9.86. The molecule has 0 aromatic carbocycles. The van der Waals surface area contributed by atoms with E-state index in [0.29, 0.717) is 0 Å². The number of hydrogen-bond donors (Lipinski definition) is 6. The van der Waals surface area contributed by atoms with Gasteiger partial charge < -0.3 is 44.8 Å². The lowest BCUT2D eigenvalue weighted by Crippen LogP contribution is -2.60. The molecule has 176 valence electrons. The van der Waals surface area contributed by atoms with Crippen LogP contribution in [0.5, 0.6) is 0 Å². The molecule has 0 saturated carbocycles. The summed E-state index contributed by atoms with van der Waals surface area (Å²) in [5, 5.41) is 58.8. The molecule has 8 atom stereocenters. The van der Waals surface area contributed by atoms with Gasteiger partial charge in [-0.3, -0.25) is 9.59 Å². The number of esters is 1. The van der Waals surface area contributed by atoms with Crippen molar-refractivity contribution < 1.29 is 54.4 Å². The second-order valence-corrected chi connectivity index (χ2v) is 8.44. The summed E-state index contributed by atoms with van der Waals surface area (Å²) in [6.07, 6.45) is -9.55. The number of aliphatic carboxylic acids is 1. The van der Waals surface area contributed by atoms with Crippen molar-refractivity contribution in [3.8, 4) is 0 Å². The Hall–Kier alpha value is -1.34. The molecule has 1 fully saturated rings. The molecule has 1 saturated heterocycles. The number of ether oxygens (including phenoxy) is 3. The van der Waals surface area contributed by atoms with E-state index >= 15 is 0 Å². The van der Waals surface area contributed by atoms with Crippen molar-refractivity contribution in [2.45, 2.75) is 95.5 Å². The van der Waals surface area contributed by atoms with Gasteiger partial charge in [-0.1, -0.05) is 13.8 Å². The maximum atomic E-state index is 11.9. The van der Waals surface area contributed by atoms with E-state index in [9.17, 15) is 35.1 Å². The maximum absolute atomic E-state index is 11.9. The summed E-state index contributed by atoms with van der Waals surface area (Å²) in [6.45, 7) is 5.98. The van der Waals surface area contributed by atoms with Crippen LogP contribution in [0.1, 0.15) is 47.0 Å². The van der Waals surface area contributed by atoms with Crippen LogP contribution in [0.3, 0.4) is 0 Å². The second kappa shape index (κ2) is 11.3. The topological polar surface area (TPSA) is 183 Å². The molecule has 0 spiro atoms. The smallest absolute Gasteiger partial charge is 0.308 e. The van der Waals surface area contributed by atoms with Crippen LogP contribution in [0.25, 0.3) is 0 Å². The zero-order chi connectivity index (χ0) is 23.2. The summed E-state index contributed by atoms with van der Waals surface area (Å²) in [5.74, 6) is -2.22. The normalized spacial score (nSPS) is 31.1. The molecule has 1 aliphatic rings. The van der Waals surface area contributed by atoms with Crippen molar-refractivity contribution in [1.29, 1.82) is 0 Å². The van der Waals surface area contributed by atoms with Gasteiger partial charge >= 0.3 is 11.9 Å². The van der Waals surface area contributed by atoms with Gasteiger partial charge in [0, 0.05) is 0 Å². The van der Waals surface area contributed by atoms with Gasteiger partial charge in [-0.25, -0.2) is 0 Å². The predicted octanol–water partition coefficient (Wildman–Crippen LogP) is -1.23. The number of hydrogen-bond acceptors (Lipinski definition) is 10. The van der Waals surface area contributed by atoms with Crippen molar-refractivity contribution in [1.82, 2.24) is 0 Å². The molecule has 0 aliphatic carbocycles. The van der Waals surface area contributed by atoms with Crippen molar-refractivity contribution >= 4 is 11.9 Å². The Morgan fingerprint density at radius 3 is 2.20 bits per heavy atom. The van der Waals surface area contributed by atoms with E-state index in [2.05, 4.69) is 0 Å². The van der Waals surface area contributed by atoms with E-state index in [0.717, 1.165) is 0 Å². The largest absolute Gasteiger partial charge is 0.481 e. The highest BCUT2D eigenvalue weighted by atomic mass is 16.7. The number of carboxylic acid groups (broad SMARTS) is 1. The molecule has 6 N–H and O–H groups in total. The summed E-state index contributed by atoms with van der Waals surface area (Å²) in [6, 6.07) is 0. The first kappa shape index (κ1) is 26.7. The number of carbonyl (C=O) groups excluding carboxylic acids is 1. The summed E-state index contributed by atoms with van der Waals surface area (Å²) in [5.41, 5.74) is -1.82. The fourth-order valence-corrected chi connectivity index (χ4v) is 2.99. The number of carboxylic acids is 1. The van der Waals surface area contributed by atoms with Gasteiger partial charge in [0.2, 0.25) is 0 Å².